The molecule has 0 bridgehead atoms. The molecule has 1 aromatic heterocycles. The minimum absolute atomic E-state index is 0. The number of carbonyl (C=O) groups is 1. The van der Waals surface area contributed by atoms with Crippen LogP contribution in [-0.2, 0) is 11.2 Å². The van der Waals surface area contributed by atoms with Crippen molar-refractivity contribution in [1.82, 2.24) is 0 Å². The van der Waals surface area contributed by atoms with Crippen LogP contribution in [0.5, 0.6) is 0 Å². The summed E-state index contributed by atoms with van der Waals surface area (Å²) in [6, 6.07) is 12.3. The van der Waals surface area contributed by atoms with E-state index in [9.17, 15) is 4.79 Å². The number of nitrogens with two attached hydrogens (primary N) is 1. The van der Waals surface area contributed by atoms with Crippen molar-refractivity contribution in [3.05, 3.63) is 47.5 Å². The predicted molar refractivity (Wildman–Crippen MR) is 89.2 cm³/mol. The number of aromatic amines is 1. The molecule has 1 aromatic carbocycles. The third kappa shape index (κ3) is 3.89. The van der Waals surface area contributed by atoms with Crippen LogP contribution in [0, 0.1) is 0 Å². The first kappa shape index (κ1) is 17.9. The van der Waals surface area contributed by atoms with Crippen LogP contribution < -0.4 is 33.8 Å². The Hall–Kier alpha value is -2.47. The van der Waals surface area contributed by atoms with E-state index in [1.807, 2.05) is 6.07 Å². The second-order valence-electron chi connectivity index (χ2n) is 5.48. The van der Waals surface area contributed by atoms with Gasteiger partial charge >= 0.3 is 6.09 Å². The van der Waals surface area contributed by atoms with Crippen molar-refractivity contribution in [2.75, 3.05) is 23.0 Å². The summed E-state index contributed by atoms with van der Waals surface area (Å²) in [6.45, 7) is 2.07. The molecule has 128 valence electrons. The quantitative estimate of drug-likeness (QED) is 0.711. The number of hydrogen-bond acceptors (Lipinski definition) is 4. The topological polar surface area (TPSA) is 90.5 Å². The number of carbonyl (C=O) groups excluding carboxylic acids is 1. The number of aryl methyl sites for hydroxylation is 1. The second kappa shape index (κ2) is 7.88. The molecule has 1 heterocycles. The van der Waals surface area contributed by atoms with Crippen molar-refractivity contribution >= 4 is 23.4 Å². The van der Waals surface area contributed by atoms with Gasteiger partial charge in [0.2, 0.25) is 11.6 Å². The van der Waals surface area contributed by atoms with Gasteiger partial charge in [0, 0.05) is 6.07 Å². The lowest BCUT2D eigenvalue weighted by Crippen LogP contribution is -3.00. The molecule has 0 saturated heterocycles. The third-order valence-electron chi connectivity index (χ3n) is 3.95. The summed E-state index contributed by atoms with van der Waals surface area (Å²) < 4.78 is 4.84. The van der Waals surface area contributed by atoms with Gasteiger partial charge in [-0.1, -0.05) is 24.3 Å². The Morgan fingerprint density at radius 2 is 2.12 bits per heavy atom. The lowest BCUT2D eigenvalue weighted by Gasteiger charge is -2.12. The van der Waals surface area contributed by atoms with Crippen LogP contribution in [-0.4, -0.2) is 12.7 Å². The third-order valence-corrected chi connectivity index (χ3v) is 3.95. The first-order chi connectivity index (χ1) is 11.2. The number of aromatic nitrogens is 1. The van der Waals surface area contributed by atoms with Crippen LogP contribution >= 0.6 is 0 Å². The van der Waals surface area contributed by atoms with E-state index in [0.29, 0.717) is 18.1 Å². The number of hydrogen-bond donors (Lipinski definition) is 3. The SMILES string of the molecule is CCOC(=O)Nc1ccc(NC2CCc3ccccc32)[nH+]c1N.[Cl-]. The van der Waals surface area contributed by atoms with Crippen LogP contribution in [0.15, 0.2) is 36.4 Å². The standard InChI is InChI=1S/C17H20N4O2.ClH/c1-2-23-17(22)20-14-9-10-15(21-16(14)18)19-13-8-7-11-5-3-4-6-12(11)13;/h3-6,9-10,13H,2,7-8H2,1H3,(H,20,22)(H3,18,19,21);1H. The molecule has 1 amide bonds. The Bertz CT molecular complexity index is 723. The molecule has 1 aliphatic carbocycles. The predicted octanol–water partition coefficient (Wildman–Crippen LogP) is -0.245. The normalized spacial score (nSPS) is 15.1. The number of fused-ring (bicyclic) bond motifs is 1. The number of benzene rings is 1. The molecule has 0 radical (unpaired) electrons. The summed E-state index contributed by atoms with van der Waals surface area (Å²) in [5.41, 5.74) is 9.18. The Balaban J connectivity index is 0.00000208. The van der Waals surface area contributed by atoms with Gasteiger partial charge in [0.25, 0.3) is 0 Å². The number of halogens is 1. The molecule has 1 aliphatic rings. The van der Waals surface area contributed by atoms with Gasteiger partial charge in [-0.25, -0.2) is 9.78 Å². The highest BCUT2D eigenvalue weighted by molar-refractivity contribution is 5.87. The summed E-state index contributed by atoms with van der Waals surface area (Å²) in [5.74, 6) is 1.20. The largest absolute Gasteiger partial charge is 1.00 e. The first-order valence-corrected chi connectivity index (χ1v) is 7.77. The molecule has 5 N–H and O–H groups in total. The summed E-state index contributed by atoms with van der Waals surface area (Å²) in [5, 5.41) is 6.07. The maximum atomic E-state index is 11.4. The van der Waals surface area contributed by atoms with Crippen molar-refractivity contribution in [1.29, 1.82) is 0 Å². The van der Waals surface area contributed by atoms with E-state index in [1.54, 1.807) is 13.0 Å². The number of nitrogen functional groups attached to an aromatic ring is 1. The number of nitrogens with one attached hydrogen (secondary N) is 3. The van der Waals surface area contributed by atoms with Crippen LogP contribution in [0.2, 0.25) is 0 Å². The van der Waals surface area contributed by atoms with Crippen molar-refractivity contribution in [3.8, 4) is 0 Å². The average Bonchev–Trinajstić information content (AvgIpc) is 2.94. The molecule has 2 aromatic rings. The highest BCUT2D eigenvalue weighted by atomic mass is 35.5. The zero-order valence-corrected chi connectivity index (χ0v) is 14.2. The summed E-state index contributed by atoms with van der Waals surface area (Å²) in [7, 11) is 0. The van der Waals surface area contributed by atoms with Gasteiger partial charge in [-0.3, -0.25) is 10.6 Å². The molecule has 0 aliphatic heterocycles. The van der Waals surface area contributed by atoms with Gasteiger partial charge in [-0.05, 0) is 37.0 Å². The average molecular weight is 349 g/mol. The van der Waals surface area contributed by atoms with E-state index in [2.05, 4.69) is 39.9 Å². The lowest BCUT2D eigenvalue weighted by molar-refractivity contribution is -0.342. The minimum Gasteiger partial charge on any atom is -1.00 e. The second-order valence-corrected chi connectivity index (χ2v) is 5.48. The van der Waals surface area contributed by atoms with E-state index < -0.39 is 6.09 Å². The van der Waals surface area contributed by atoms with Gasteiger partial charge in [0.1, 0.15) is 5.69 Å². The van der Waals surface area contributed by atoms with Crippen molar-refractivity contribution in [2.24, 2.45) is 0 Å². The lowest BCUT2D eigenvalue weighted by atomic mass is 10.1. The smallest absolute Gasteiger partial charge is 0.411 e. The number of amides is 1. The van der Waals surface area contributed by atoms with Crippen LogP contribution in [0.25, 0.3) is 0 Å². The molecule has 7 heteroatoms. The van der Waals surface area contributed by atoms with Crippen LogP contribution in [0.1, 0.15) is 30.5 Å². The monoisotopic (exact) mass is 348 g/mol. The van der Waals surface area contributed by atoms with Gasteiger partial charge in [-0.2, -0.15) is 0 Å². The summed E-state index contributed by atoms with van der Waals surface area (Å²) >= 11 is 0. The zero-order chi connectivity index (χ0) is 16.2. The van der Waals surface area contributed by atoms with Gasteiger partial charge in [-0.15, -0.1) is 0 Å². The fourth-order valence-electron chi connectivity index (χ4n) is 2.88. The van der Waals surface area contributed by atoms with Gasteiger partial charge < -0.3 is 22.9 Å². The van der Waals surface area contributed by atoms with E-state index in [1.165, 1.54) is 11.1 Å². The van der Waals surface area contributed by atoms with E-state index >= 15 is 0 Å². The first-order valence-electron chi connectivity index (χ1n) is 7.77. The summed E-state index contributed by atoms with van der Waals surface area (Å²) in [6.07, 6.45) is 1.61. The number of H-pyrrole nitrogens is 1. The van der Waals surface area contributed by atoms with Crippen molar-refractivity contribution < 1.29 is 26.9 Å². The zero-order valence-electron chi connectivity index (χ0n) is 13.4. The molecule has 3 rings (SSSR count). The molecule has 1 unspecified atom stereocenters. The molecule has 6 nitrogen and oxygen atoms in total. The van der Waals surface area contributed by atoms with Crippen molar-refractivity contribution in [3.63, 3.8) is 0 Å². The summed E-state index contributed by atoms with van der Waals surface area (Å²) in [4.78, 5) is 14.5. The molecule has 1 atom stereocenters. The minimum atomic E-state index is -0.516. The number of rotatable bonds is 4. The fourth-order valence-corrected chi connectivity index (χ4v) is 2.88. The Labute approximate surface area is 147 Å². The molecule has 0 spiro atoms. The van der Waals surface area contributed by atoms with Gasteiger partial charge in [0.15, 0.2) is 0 Å². The number of pyridine rings is 1. The van der Waals surface area contributed by atoms with Gasteiger partial charge in [0.05, 0.1) is 12.6 Å². The van der Waals surface area contributed by atoms with E-state index in [-0.39, 0.29) is 18.4 Å². The Morgan fingerprint density at radius 3 is 2.88 bits per heavy atom. The molecule has 0 fully saturated rings. The highest BCUT2D eigenvalue weighted by Gasteiger charge is 2.24. The maximum Gasteiger partial charge on any atom is 0.411 e. The van der Waals surface area contributed by atoms with Crippen LogP contribution in [0.4, 0.5) is 22.1 Å². The maximum absolute atomic E-state index is 11.4. The van der Waals surface area contributed by atoms with Crippen LogP contribution in [0.3, 0.4) is 0 Å². The number of anilines is 3. The molecule has 24 heavy (non-hydrogen) atoms. The molecular formula is C17H21ClN4O2. The molecule has 0 saturated carbocycles. The molecular weight excluding hydrogens is 328 g/mol. The Kier molecular flexibility index (Phi) is 5.87. The number of ether oxygens (including phenoxy) is 1. The highest BCUT2D eigenvalue weighted by Crippen LogP contribution is 2.33. The van der Waals surface area contributed by atoms with E-state index in [0.717, 1.165) is 18.7 Å². The van der Waals surface area contributed by atoms with Crippen molar-refractivity contribution in [2.45, 2.75) is 25.8 Å². The fraction of sp³-hybridized carbons (Fsp3) is 0.294. The van der Waals surface area contributed by atoms with E-state index in [4.69, 9.17) is 10.5 Å². The Morgan fingerprint density at radius 1 is 1.33 bits per heavy atom.